The number of thiocarbonyl (C=S) groups is 1. The summed E-state index contributed by atoms with van der Waals surface area (Å²) in [5, 5.41) is 7.59. The lowest BCUT2D eigenvalue weighted by molar-refractivity contribution is -0.116. The van der Waals surface area contributed by atoms with Gasteiger partial charge in [0.25, 0.3) is 0 Å². The number of anilines is 1. The number of hydrogen-bond acceptors (Lipinski definition) is 2. The first kappa shape index (κ1) is 18.0. The number of benzene rings is 1. The number of hydrogen-bond donors (Lipinski definition) is 2. The second-order valence-electron chi connectivity index (χ2n) is 6.82. The van der Waals surface area contributed by atoms with Gasteiger partial charge in [-0.1, -0.05) is 17.7 Å². The van der Waals surface area contributed by atoms with Crippen LogP contribution in [-0.4, -0.2) is 34.0 Å². The molecule has 2 rings (SSSR count). The predicted octanol–water partition coefficient (Wildman–Crippen LogP) is 3.72. The number of aryl methyl sites for hydroxylation is 1. The van der Waals surface area contributed by atoms with E-state index in [1.165, 1.54) is 0 Å². The Bertz CT molecular complexity index is 618. The maximum absolute atomic E-state index is 12.2. The zero-order valence-corrected chi connectivity index (χ0v) is 15.6. The highest BCUT2D eigenvalue weighted by atomic mass is 35.5. The number of halogens is 1. The van der Waals surface area contributed by atoms with Gasteiger partial charge < -0.3 is 15.5 Å². The fourth-order valence-corrected chi connectivity index (χ4v) is 3.67. The van der Waals surface area contributed by atoms with Crippen LogP contribution in [0.1, 0.15) is 39.2 Å². The van der Waals surface area contributed by atoms with Gasteiger partial charge in [-0.15, -0.1) is 0 Å². The lowest BCUT2D eigenvalue weighted by atomic mass is 9.93. The number of rotatable bonds is 4. The number of amides is 1. The Labute approximate surface area is 148 Å². The minimum Gasteiger partial charge on any atom is -0.358 e. The van der Waals surface area contributed by atoms with Crippen LogP contribution in [0, 0.1) is 6.92 Å². The number of carbonyl (C=O) groups excluding carboxylic acids is 1. The van der Waals surface area contributed by atoms with Gasteiger partial charge in [0.05, 0.1) is 0 Å². The lowest BCUT2D eigenvalue weighted by Gasteiger charge is -2.44. The van der Waals surface area contributed by atoms with E-state index in [1.54, 1.807) is 6.07 Å². The molecular weight excluding hydrogens is 330 g/mol. The third-order valence-corrected chi connectivity index (χ3v) is 4.67. The Morgan fingerprint density at radius 2 is 2.22 bits per heavy atom. The summed E-state index contributed by atoms with van der Waals surface area (Å²) < 4.78 is 0. The van der Waals surface area contributed by atoms with Crippen LogP contribution >= 0.6 is 23.8 Å². The third-order valence-electron chi connectivity index (χ3n) is 4.10. The van der Waals surface area contributed by atoms with Gasteiger partial charge in [-0.3, -0.25) is 4.79 Å². The van der Waals surface area contributed by atoms with Crippen molar-refractivity contribution >= 4 is 40.5 Å². The van der Waals surface area contributed by atoms with E-state index in [-0.39, 0.29) is 11.4 Å². The lowest BCUT2D eigenvalue weighted by Crippen LogP contribution is -2.60. The van der Waals surface area contributed by atoms with E-state index in [2.05, 4.69) is 36.3 Å². The molecule has 1 aromatic rings. The van der Waals surface area contributed by atoms with E-state index in [9.17, 15) is 4.79 Å². The summed E-state index contributed by atoms with van der Waals surface area (Å²) in [4.78, 5) is 14.3. The van der Waals surface area contributed by atoms with Crippen molar-refractivity contribution in [2.45, 2.75) is 52.1 Å². The molecule has 1 aliphatic rings. The molecule has 0 aliphatic carbocycles. The van der Waals surface area contributed by atoms with Crippen molar-refractivity contribution in [2.75, 3.05) is 11.9 Å². The van der Waals surface area contributed by atoms with Crippen LogP contribution in [0.5, 0.6) is 0 Å². The van der Waals surface area contributed by atoms with Crippen LogP contribution in [0.15, 0.2) is 18.2 Å². The highest BCUT2D eigenvalue weighted by molar-refractivity contribution is 7.80. The Morgan fingerprint density at radius 1 is 1.52 bits per heavy atom. The summed E-state index contributed by atoms with van der Waals surface area (Å²) in [6, 6.07) is 5.80. The quantitative estimate of drug-likeness (QED) is 0.810. The first-order valence-corrected chi connectivity index (χ1v) is 8.61. The SMILES string of the molecule is Cc1ccc(Cl)cc1NC(=O)CCN1C(=S)NC(C)(C)CC1C. The molecule has 2 N–H and O–H groups in total. The molecule has 1 saturated heterocycles. The molecular formula is C17H24ClN3OS. The Hall–Kier alpha value is -1.33. The van der Waals surface area contributed by atoms with Crippen molar-refractivity contribution in [3.63, 3.8) is 0 Å². The summed E-state index contributed by atoms with van der Waals surface area (Å²) in [7, 11) is 0. The van der Waals surface area contributed by atoms with Crippen molar-refractivity contribution in [3.8, 4) is 0 Å². The molecule has 1 fully saturated rings. The van der Waals surface area contributed by atoms with E-state index in [0.717, 1.165) is 22.8 Å². The van der Waals surface area contributed by atoms with Crippen LogP contribution < -0.4 is 10.6 Å². The minimum atomic E-state index is -0.0322. The van der Waals surface area contributed by atoms with Gasteiger partial charge in [0.2, 0.25) is 5.91 Å². The zero-order valence-electron chi connectivity index (χ0n) is 14.1. The number of carbonyl (C=O) groups is 1. The van der Waals surface area contributed by atoms with Crippen molar-refractivity contribution in [1.29, 1.82) is 0 Å². The zero-order chi connectivity index (χ0) is 17.2. The molecule has 0 radical (unpaired) electrons. The number of nitrogens with zero attached hydrogens (tertiary/aromatic N) is 1. The van der Waals surface area contributed by atoms with E-state index >= 15 is 0 Å². The molecule has 1 heterocycles. The van der Waals surface area contributed by atoms with Crippen molar-refractivity contribution in [1.82, 2.24) is 10.2 Å². The monoisotopic (exact) mass is 353 g/mol. The maximum Gasteiger partial charge on any atom is 0.226 e. The molecule has 0 aromatic heterocycles. The van der Waals surface area contributed by atoms with Gasteiger partial charge in [-0.2, -0.15) is 0 Å². The van der Waals surface area contributed by atoms with Crippen LogP contribution in [0.3, 0.4) is 0 Å². The molecule has 1 unspecified atom stereocenters. The molecule has 1 aromatic carbocycles. The van der Waals surface area contributed by atoms with Crippen molar-refractivity contribution in [2.24, 2.45) is 0 Å². The van der Waals surface area contributed by atoms with Gasteiger partial charge in [0.1, 0.15) is 0 Å². The van der Waals surface area contributed by atoms with E-state index < -0.39 is 0 Å². The molecule has 1 atom stereocenters. The fraction of sp³-hybridized carbons (Fsp3) is 0.529. The third kappa shape index (κ3) is 4.82. The maximum atomic E-state index is 12.2. The van der Waals surface area contributed by atoms with Gasteiger partial charge in [-0.25, -0.2) is 0 Å². The summed E-state index contributed by atoms with van der Waals surface area (Å²) in [5.41, 5.74) is 1.76. The average molecular weight is 354 g/mol. The first-order valence-electron chi connectivity index (χ1n) is 7.83. The topological polar surface area (TPSA) is 44.4 Å². The van der Waals surface area contributed by atoms with Crippen LogP contribution in [0.4, 0.5) is 5.69 Å². The second-order valence-corrected chi connectivity index (χ2v) is 7.64. The van der Waals surface area contributed by atoms with Crippen molar-refractivity contribution in [3.05, 3.63) is 28.8 Å². The fourth-order valence-electron chi connectivity index (χ4n) is 2.95. The largest absolute Gasteiger partial charge is 0.358 e. The van der Waals surface area contributed by atoms with Crippen molar-refractivity contribution < 1.29 is 4.79 Å². The summed E-state index contributed by atoms with van der Waals surface area (Å²) >= 11 is 11.4. The summed E-state index contributed by atoms with van der Waals surface area (Å²) in [6.45, 7) is 8.98. The first-order chi connectivity index (χ1) is 10.7. The molecule has 126 valence electrons. The Morgan fingerprint density at radius 3 is 2.87 bits per heavy atom. The van der Waals surface area contributed by atoms with Gasteiger partial charge in [-0.05, 0) is 64.0 Å². The van der Waals surface area contributed by atoms with Crippen LogP contribution in [-0.2, 0) is 4.79 Å². The molecule has 0 saturated carbocycles. The highest BCUT2D eigenvalue weighted by Gasteiger charge is 2.32. The molecule has 1 amide bonds. The molecule has 1 aliphatic heterocycles. The normalized spacial score (nSPS) is 20.1. The minimum absolute atomic E-state index is 0.00710. The standard InChI is InChI=1S/C17H24ClN3OS/c1-11-5-6-13(18)9-14(11)19-15(22)7-8-21-12(2)10-17(3,4)20-16(21)23/h5-6,9,12H,7-8,10H2,1-4H3,(H,19,22)(H,20,23). The summed E-state index contributed by atoms with van der Waals surface area (Å²) in [5.74, 6) is -0.0322. The molecule has 23 heavy (non-hydrogen) atoms. The van der Waals surface area contributed by atoms with Gasteiger partial charge in [0, 0.05) is 35.3 Å². The van der Waals surface area contributed by atoms with Gasteiger partial charge >= 0.3 is 0 Å². The van der Waals surface area contributed by atoms with Crippen LogP contribution in [0.25, 0.3) is 0 Å². The Balaban J connectivity index is 1.92. The second kappa shape index (κ2) is 7.05. The highest BCUT2D eigenvalue weighted by Crippen LogP contribution is 2.23. The smallest absolute Gasteiger partial charge is 0.226 e. The van der Waals surface area contributed by atoms with E-state index in [4.69, 9.17) is 23.8 Å². The molecule has 0 spiro atoms. The molecule has 6 heteroatoms. The van der Waals surface area contributed by atoms with E-state index in [0.29, 0.717) is 24.0 Å². The van der Waals surface area contributed by atoms with Gasteiger partial charge in [0.15, 0.2) is 5.11 Å². The number of nitrogens with one attached hydrogen (secondary N) is 2. The molecule has 0 bridgehead atoms. The predicted molar refractivity (Wildman–Crippen MR) is 100 cm³/mol. The molecule has 4 nitrogen and oxygen atoms in total. The summed E-state index contributed by atoms with van der Waals surface area (Å²) in [6.07, 6.45) is 1.38. The Kier molecular flexibility index (Phi) is 5.53. The van der Waals surface area contributed by atoms with E-state index in [1.807, 2.05) is 19.1 Å². The van der Waals surface area contributed by atoms with Crippen LogP contribution in [0.2, 0.25) is 5.02 Å². The average Bonchev–Trinajstić information content (AvgIpc) is 2.40.